The van der Waals surface area contributed by atoms with Crippen molar-refractivity contribution in [3.05, 3.63) is 0 Å². The number of carbonyl (C=O) groups is 1. The van der Waals surface area contributed by atoms with E-state index in [1.165, 1.54) is 19.3 Å². The number of nitrogens with zero attached hydrogens (tertiary/aromatic N) is 1. The summed E-state index contributed by atoms with van der Waals surface area (Å²) in [6, 6.07) is 0. The summed E-state index contributed by atoms with van der Waals surface area (Å²) in [4.78, 5) is 13.8. The van der Waals surface area contributed by atoms with Gasteiger partial charge in [0.1, 0.15) is 0 Å². The van der Waals surface area contributed by atoms with Gasteiger partial charge in [-0.05, 0) is 18.8 Å². The first-order valence-electron chi connectivity index (χ1n) is 5.60. The lowest BCUT2D eigenvalue weighted by molar-refractivity contribution is -0.133. The van der Waals surface area contributed by atoms with Gasteiger partial charge in [-0.2, -0.15) is 0 Å². The molecule has 0 bridgehead atoms. The van der Waals surface area contributed by atoms with Gasteiger partial charge in [-0.1, -0.05) is 22.4 Å². The van der Waals surface area contributed by atoms with Gasteiger partial charge in [0.25, 0.3) is 0 Å². The van der Waals surface area contributed by atoms with Crippen LogP contribution < -0.4 is 0 Å². The lowest BCUT2D eigenvalue weighted by Crippen LogP contribution is -2.37. The van der Waals surface area contributed by atoms with E-state index in [9.17, 15) is 4.79 Å². The monoisotopic (exact) mass is 277 g/mol. The van der Waals surface area contributed by atoms with Gasteiger partial charge in [0.2, 0.25) is 5.91 Å². The van der Waals surface area contributed by atoms with Gasteiger partial charge in [0.15, 0.2) is 0 Å². The minimum atomic E-state index is 0.288. The highest BCUT2D eigenvalue weighted by atomic mass is 79.9. The summed E-state index contributed by atoms with van der Waals surface area (Å²) in [5.41, 5.74) is 0. The molecule has 1 rings (SSSR count). The van der Waals surface area contributed by atoms with Crippen molar-refractivity contribution >= 4 is 21.8 Å². The van der Waals surface area contributed by atoms with E-state index in [2.05, 4.69) is 15.9 Å². The van der Waals surface area contributed by atoms with Crippen molar-refractivity contribution in [1.82, 2.24) is 4.90 Å². The third-order valence-corrected chi connectivity index (χ3v) is 3.32. The summed E-state index contributed by atoms with van der Waals surface area (Å²) in [7, 11) is 1.67. The molecule has 0 N–H and O–H groups in total. The molecule has 0 unspecified atom stereocenters. The van der Waals surface area contributed by atoms with Crippen molar-refractivity contribution in [2.75, 3.05) is 32.1 Å². The number of amides is 1. The predicted molar refractivity (Wildman–Crippen MR) is 64.2 cm³/mol. The number of hydrogen-bond donors (Lipinski definition) is 0. The Morgan fingerprint density at radius 2 is 2.20 bits per heavy atom. The maximum Gasteiger partial charge on any atom is 0.222 e. The van der Waals surface area contributed by atoms with Gasteiger partial charge in [-0.3, -0.25) is 4.79 Å². The molecule has 0 aromatic carbocycles. The molecule has 88 valence electrons. The summed E-state index contributed by atoms with van der Waals surface area (Å²) in [6.07, 6.45) is 4.50. The van der Waals surface area contributed by atoms with Gasteiger partial charge < -0.3 is 9.64 Å². The van der Waals surface area contributed by atoms with E-state index in [0.29, 0.717) is 19.1 Å². The number of hydrogen-bond acceptors (Lipinski definition) is 2. The Hall–Kier alpha value is -0.0900. The van der Waals surface area contributed by atoms with Gasteiger partial charge in [0, 0.05) is 32.0 Å². The molecule has 3 nitrogen and oxygen atoms in total. The molecule has 1 saturated carbocycles. The second-order valence-electron chi connectivity index (χ2n) is 4.06. The van der Waals surface area contributed by atoms with E-state index in [4.69, 9.17) is 4.74 Å². The van der Waals surface area contributed by atoms with Gasteiger partial charge >= 0.3 is 0 Å². The van der Waals surface area contributed by atoms with Crippen molar-refractivity contribution in [3.8, 4) is 0 Å². The SMILES string of the molecule is COCCN(CCBr)C(=O)CC1CCC1. The van der Waals surface area contributed by atoms with Crippen molar-refractivity contribution in [1.29, 1.82) is 0 Å². The minimum absolute atomic E-state index is 0.288. The van der Waals surface area contributed by atoms with Crippen LogP contribution in [-0.2, 0) is 9.53 Å². The Kier molecular flexibility index (Phi) is 6.25. The Bertz CT molecular complexity index is 195. The van der Waals surface area contributed by atoms with Gasteiger partial charge in [0.05, 0.1) is 6.61 Å². The normalized spacial score (nSPS) is 16.1. The molecule has 0 aromatic heterocycles. The average molecular weight is 278 g/mol. The maximum atomic E-state index is 11.9. The van der Waals surface area contributed by atoms with Crippen LogP contribution in [0.5, 0.6) is 0 Å². The van der Waals surface area contributed by atoms with Crippen LogP contribution in [-0.4, -0.2) is 42.9 Å². The largest absolute Gasteiger partial charge is 0.383 e. The molecule has 0 aliphatic heterocycles. The molecule has 0 atom stereocenters. The third kappa shape index (κ3) is 4.51. The molecule has 1 aliphatic carbocycles. The number of carbonyl (C=O) groups excluding carboxylic acids is 1. The van der Waals surface area contributed by atoms with Crippen molar-refractivity contribution < 1.29 is 9.53 Å². The smallest absolute Gasteiger partial charge is 0.222 e. The van der Waals surface area contributed by atoms with Crippen molar-refractivity contribution in [2.24, 2.45) is 5.92 Å². The highest BCUT2D eigenvalue weighted by Gasteiger charge is 2.23. The van der Waals surface area contributed by atoms with Crippen LogP contribution in [0.3, 0.4) is 0 Å². The van der Waals surface area contributed by atoms with Crippen LogP contribution in [0.4, 0.5) is 0 Å². The Morgan fingerprint density at radius 3 is 2.67 bits per heavy atom. The minimum Gasteiger partial charge on any atom is -0.383 e. The molecule has 1 amide bonds. The number of alkyl halides is 1. The van der Waals surface area contributed by atoms with E-state index < -0.39 is 0 Å². The zero-order valence-electron chi connectivity index (χ0n) is 9.38. The lowest BCUT2D eigenvalue weighted by Gasteiger charge is -2.28. The first kappa shape index (κ1) is 13.0. The summed E-state index contributed by atoms with van der Waals surface area (Å²) in [6.45, 7) is 2.13. The molecule has 1 fully saturated rings. The molecular formula is C11H20BrNO2. The van der Waals surface area contributed by atoms with Gasteiger partial charge in [-0.25, -0.2) is 0 Å². The van der Waals surface area contributed by atoms with Crippen LogP contribution in [0.2, 0.25) is 0 Å². The zero-order chi connectivity index (χ0) is 11.1. The number of rotatable bonds is 7. The predicted octanol–water partition coefficient (Wildman–Crippen LogP) is 2.05. The fourth-order valence-electron chi connectivity index (χ4n) is 1.74. The molecule has 15 heavy (non-hydrogen) atoms. The van der Waals surface area contributed by atoms with Crippen molar-refractivity contribution in [2.45, 2.75) is 25.7 Å². The Morgan fingerprint density at radius 1 is 1.47 bits per heavy atom. The maximum absolute atomic E-state index is 11.9. The highest BCUT2D eigenvalue weighted by molar-refractivity contribution is 9.09. The molecule has 0 spiro atoms. The summed E-state index contributed by atoms with van der Waals surface area (Å²) in [5, 5.41) is 0.840. The standard InChI is InChI=1S/C11H20BrNO2/c1-15-8-7-13(6-5-12)11(14)9-10-3-2-4-10/h10H,2-9H2,1H3. The molecule has 0 aromatic rings. The molecule has 0 radical (unpaired) electrons. The Labute approximate surface area is 100 Å². The second kappa shape index (κ2) is 7.23. The molecular weight excluding hydrogens is 258 g/mol. The topological polar surface area (TPSA) is 29.5 Å². The fourth-order valence-corrected chi connectivity index (χ4v) is 2.17. The van der Waals surface area contributed by atoms with Crippen LogP contribution >= 0.6 is 15.9 Å². The first-order valence-corrected chi connectivity index (χ1v) is 6.72. The zero-order valence-corrected chi connectivity index (χ0v) is 11.0. The molecule has 1 aliphatic rings. The van der Waals surface area contributed by atoms with Crippen molar-refractivity contribution in [3.63, 3.8) is 0 Å². The quantitative estimate of drug-likeness (QED) is 0.667. The summed E-state index contributed by atoms with van der Waals surface area (Å²) >= 11 is 3.37. The van der Waals surface area contributed by atoms with E-state index >= 15 is 0 Å². The lowest BCUT2D eigenvalue weighted by atomic mass is 9.82. The summed E-state index contributed by atoms with van der Waals surface area (Å²) in [5.74, 6) is 0.939. The van der Waals surface area contributed by atoms with Gasteiger partial charge in [-0.15, -0.1) is 0 Å². The van der Waals surface area contributed by atoms with Crippen LogP contribution in [0.1, 0.15) is 25.7 Å². The van der Waals surface area contributed by atoms with Crippen LogP contribution in [0.25, 0.3) is 0 Å². The number of ether oxygens (including phenoxy) is 1. The third-order valence-electron chi connectivity index (χ3n) is 2.96. The molecule has 0 saturated heterocycles. The van der Waals surface area contributed by atoms with E-state index in [1.54, 1.807) is 7.11 Å². The summed E-state index contributed by atoms with van der Waals surface area (Å²) < 4.78 is 5.00. The molecule has 0 heterocycles. The number of methoxy groups -OCH3 is 1. The van der Waals surface area contributed by atoms with Crippen LogP contribution in [0.15, 0.2) is 0 Å². The first-order chi connectivity index (χ1) is 7.27. The van der Waals surface area contributed by atoms with E-state index in [1.807, 2.05) is 4.90 Å². The van der Waals surface area contributed by atoms with E-state index in [-0.39, 0.29) is 5.91 Å². The van der Waals surface area contributed by atoms with Crippen LogP contribution in [0, 0.1) is 5.92 Å². The van der Waals surface area contributed by atoms with E-state index in [0.717, 1.165) is 18.3 Å². The second-order valence-corrected chi connectivity index (χ2v) is 4.86. The Balaban J connectivity index is 2.28. The molecule has 4 heteroatoms. The fraction of sp³-hybridized carbons (Fsp3) is 0.909. The average Bonchev–Trinajstić information content (AvgIpc) is 2.18. The number of halogens is 1. The highest BCUT2D eigenvalue weighted by Crippen LogP contribution is 2.29.